The lowest BCUT2D eigenvalue weighted by Gasteiger charge is -2.19. The summed E-state index contributed by atoms with van der Waals surface area (Å²) in [6.07, 6.45) is 1.58. The Labute approximate surface area is 111 Å². The third-order valence-electron chi connectivity index (χ3n) is 3.02. The Bertz CT molecular complexity index is 674. The molecule has 94 valence electrons. The third kappa shape index (κ3) is 2.11. The van der Waals surface area contributed by atoms with E-state index in [1.54, 1.807) is 6.20 Å². The summed E-state index contributed by atoms with van der Waals surface area (Å²) in [7, 11) is 0. The molecule has 2 aromatic rings. The fourth-order valence-electron chi connectivity index (χ4n) is 2.13. The van der Waals surface area contributed by atoms with E-state index >= 15 is 0 Å². The molecule has 1 aromatic heterocycles. The van der Waals surface area contributed by atoms with Crippen LogP contribution < -0.4 is 9.47 Å². The summed E-state index contributed by atoms with van der Waals surface area (Å²) < 4.78 is 11.1. The fourth-order valence-corrected chi connectivity index (χ4v) is 2.13. The van der Waals surface area contributed by atoms with Gasteiger partial charge in [-0.05, 0) is 36.8 Å². The summed E-state index contributed by atoms with van der Waals surface area (Å²) in [6.45, 7) is 3.09. The Morgan fingerprint density at radius 3 is 2.68 bits per heavy atom. The van der Waals surface area contributed by atoms with Crippen molar-refractivity contribution in [3.8, 4) is 28.8 Å². The zero-order chi connectivity index (χ0) is 13.2. The Balaban J connectivity index is 2.05. The maximum Gasteiger partial charge on any atom is 0.162 e. The van der Waals surface area contributed by atoms with Gasteiger partial charge >= 0.3 is 0 Å². The second kappa shape index (κ2) is 4.62. The van der Waals surface area contributed by atoms with Crippen molar-refractivity contribution in [1.29, 1.82) is 5.26 Å². The van der Waals surface area contributed by atoms with Crippen molar-refractivity contribution in [3.63, 3.8) is 0 Å². The lowest BCUT2D eigenvalue weighted by Crippen LogP contribution is -2.15. The summed E-state index contributed by atoms with van der Waals surface area (Å²) in [4.78, 5) is 4.35. The van der Waals surface area contributed by atoms with Crippen molar-refractivity contribution in [1.82, 2.24) is 4.98 Å². The molecule has 0 aliphatic carbocycles. The van der Waals surface area contributed by atoms with Crippen LogP contribution in [-0.4, -0.2) is 18.2 Å². The molecule has 1 aliphatic heterocycles. The lowest BCUT2D eigenvalue weighted by atomic mass is 10.0. The Hall–Kier alpha value is -2.54. The van der Waals surface area contributed by atoms with Gasteiger partial charge in [-0.2, -0.15) is 5.26 Å². The average molecular weight is 252 g/mol. The smallest absolute Gasteiger partial charge is 0.162 e. The molecule has 2 heterocycles. The van der Waals surface area contributed by atoms with Crippen LogP contribution >= 0.6 is 0 Å². The SMILES string of the molecule is Cc1cc(C#N)cnc1-c1ccc2c(c1)OCCO2. The highest BCUT2D eigenvalue weighted by Gasteiger charge is 2.13. The van der Waals surface area contributed by atoms with Gasteiger partial charge in [-0.15, -0.1) is 0 Å². The van der Waals surface area contributed by atoms with Crippen molar-refractivity contribution in [2.24, 2.45) is 0 Å². The highest BCUT2D eigenvalue weighted by Crippen LogP contribution is 2.34. The molecule has 19 heavy (non-hydrogen) atoms. The Morgan fingerprint density at radius 2 is 1.95 bits per heavy atom. The first kappa shape index (κ1) is 11.5. The number of rotatable bonds is 1. The maximum atomic E-state index is 8.86. The molecule has 0 N–H and O–H groups in total. The molecule has 0 unspecified atom stereocenters. The molecule has 0 bridgehead atoms. The zero-order valence-corrected chi connectivity index (χ0v) is 10.5. The molecular weight excluding hydrogens is 240 g/mol. The van der Waals surface area contributed by atoms with Gasteiger partial charge in [0.1, 0.15) is 19.3 Å². The number of nitriles is 1. The molecule has 0 radical (unpaired) electrons. The number of nitrogens with zero attached hydrogens (tertiary/aromatic N) is 2. The summed E-state index contributed by atoms with van der Waals surface area (Å²) in [5.74, 6) is 1.51. The van der Waals surface area contributed by atoms with Gasteiger partial charge in [-0.1, -0.05) is 0 Å². The van der Waals surface area contributed by atoms with Gasteiger partial charge in [0.25, 0.3) is 0 Å². The van der Waals surface area contributed by atoms with Gasteiger partial charge in [-0.25, -0.2) is 0 Å². The number of aromatic nitrogens is 1. The monoisotopic (exact) mass is 252 g/mol. The third-order valence-corrected chi connectivity index (χ3v) is 3.02. The first-order valence-electron chi connectivity index (χ1n) is 6.05. The van der Waals surface area contributed by atoms with Gasteiger partial charge in [0.15, 0.2) is 11.5 Å². The average Bonchev–Trinajstić information content (AvgIpc) is 2.46. The van der Waals surface area contributed by atoms with Crippen molar-refractivity contribution in [2.75, 3.05) is 13.2 Å². The Kier molecular flexibility index (Phi) is 2.81. The summed E-state index contributed by atoms with van der Waals surface area (Å²) in [5, 5.41) is 8.86. The molecule has 0 atom stereocenters. The normalized spacial score (nSPS) is 12.8. The van der Waals surface area contributed by atoms with Crippen molar-refractivity contribution in [3.05, 3.63) is 41.6 Å². The highest BCUT2D eigenvalue weighted by atomic mass is 16.6. The molecule has 1 aliphatic rings. The first-order valence-corrected chi connectivity index (χ1v) is 6.05. The van der Waals surface area contributed by atoms with Gasteiger partial charge in [0.05, 0.1) is 11.3 Å². The van der Waals surface area contributed by atoms with Gasteiger partial charge < -0.3 is 9.47 Å². The van der Waals surface area contributed by atoms with Crippen molar-refractivity contribution >= 4 is 0 Å². The Morgan fingerprint density at radius 1 is 1.16 bits per heavy atom. The predicted molar refractivity (Wildman–Crippen MR) is 70.1 cm³/mol. The molecule has 3 rings (SSSR count). The minimum absolute atomic E-state index is 0.566. The van der Waals surface area contributed by atoms with E-state index in [9.17, 15) is 0 Å². The summed E-state index contributed by atoms with van der Waals surface area (Å²) >= 11 is 0. The van der Waals surface area contributed by atoms with Crippen LogP contribution in [0.25, 0.3) is 11.3 Å². The van der Waals surface area contributed by atoms with E-state index in [1.807, 2.05) is 31.2 Å². The molecule has 0 saturated carbocycles. The number of pyridine rings is 1. The number of fused-ring (bicyclic) bond motifs is 1. The zero-order valence-electron chi connectivity index (χ0n) is 10.5. The number of ether oxygens (including phenoxy) is 2. The molecule has 4 nitrogen and oxygen atoms in total. The minimum Gasteiger partial charge on any atom is -0.486 e. The topological polar surface area (TPSA) is 55.1 Å². The maximum absolute atomic E-state index is 8.86. The number of hydrogen-bond donors (Lipinski definition) is 0. The molecule has 0 saturated heterocycles. The fraction of sp³-hybridized carbons (Fsp3) is 0.200. The molecule has 1 aromatic carbocycles. The minimum atomic E-state index is 0.566. The summed E-state index contributed by atoms with van der Waals surface area (Å²) in [5.41, 5.74) is 3.36. The standard InChI is InChI=1S/C15H12N2O2/c1-10-6-11(8-16)9-17-15(10)12-2-3-13-14(7-12)19-5-4-18-13/h2-3,6-7,9H,4-5H2,1H3. The van der Waals surface area contributed by atoms with Crippen LogP contribution in [0.4, 0.5) is 0 Å². The van der Waals surface area contributed by atoms with Crippen LogP contribution in [-0.2, 0) is 0 Å². The largest absolute Gasteiger partial charge is 0.486 e. The van der Waals surface area contributed by atoms with E-state index in [2.05, 4.69) is 11.1 Å². The predicted octanol–water partition coefficient (Wildman–Crippen LogP) is 2.70. The van der Waals surface area contributed by atoms with E-state index in [0.29, 0.717) is 18.8 Å². The van der Waals surface area contributed by atoms with E-state index in [4.69, 9.17) is 14.7 Å². The van der Waals surface area contributed by atoms with E-state index in [0.717, 1.165) is 28.3 Å². The molecule has 4 heteroatoms. The van der Waals surface area contributed by atoms with Crippen LogP contribution in [0.1, 0.15) is 11.1 Å². The molecule has 0 spiro atoms. The van der Waals surface area contributed by atoms with Crippen molar-refractivity contribution < 1.29 is 9.47 Å². The quantitative estimate of drug-likeness (QED) is 0.783. The van der Waals surface area contributed by atoms with Crippen LogP contribution in [0.3, 0.4) is 0 Å². The number of benzene rings is 1. The van der Waals surface area contributed by atoms with Crippen LogP contribution in [0.2, 0.25) is 0 Å². The van der Waals surface area contributed by atoms with Crippen LogP contribution in [0, 0.1) is 18.3 Å². The van der Waals surface area contributed by atoms with Crippen molar-refractivity contribution in [2.45, 2.75) is 6.92 Å². The lowest BCUT2D eigenvalue weighted by molar-refractivity contribution is 0.171. The number of hydrogen-bond acceptors (Lipinski definition) is 4. The highest BCUT2D eigenvalue weighted by molar-refractivity contribution is 5.67. The number of aryl methyl sites for hydroxylation is 1. The molecule has 0 amide bonds. The first-order chi connectivity index (χ1) is 9.28. The van der Waals surface area contributed by atoms with Gasteiger partial charge in [-0.3, -0.25) is 4.98 Å². The van der Waals surface area contributed by atoms with Crippen LogP contribution in [0.15, 0.2) is 30.5 Å². The second-order valence-corrected chi connectivity index (χ2v) is 4.36. The molecule has 0 fully saturated rings. The van der Waals surface area contributed by atoms with E-state index in [1.165, 1.54) is 0 Å². The van der Waals surface area contributed by atoms with Gasteiger partial charge in [0, 0.05) is 11.8 Å². The molecular formula is C15H12N2O2. The second-order valence-electron chi connectivity index (χ2n) is 4.36. The summed E-state index contributed by atoms with van der Waals surface area (Å²) in [6, 6.07) is 9.69. The van der Waals surface area contributed by atoms with Crippen LogP contribution in [0.5, 0.6) is 11.5 Å². The van der Waals surface area contributed by atoms with E-state index < -0.39 is 0 Å². The van der Waals surface area contributed by atoms with Gasteiger partial charge in [0.2, 0.25) is 0 Å². The van der Waals surface area contributed by atoms with E-state index in [-0.39, 0.29) is 0 Å².